The Morgan fingerprint density at radius 1 is 0.944 bits per heavy atom. The van der Waals surface area contributed by atoms with Gasteiger partial charge in [0.25, 0.3) is 5.91 Å². The lowest BCUT2D eigenvalue weighted by Crippen LogP contribution is -2.13. The van der Waals surface area contributed by atoms with Crippen LogP contribution in [0.5, 0.6) is 17.2 Å². The third-order valence-electron chi connectivity index (χ3n) is 5.36. The lowest BCUT2D eigenvalue weighted by molar-refractivity contribution is -0.112. The lowest BCUT2D eigenvalue weighted by atomic mass is 10.0. The molecule has 0 radical (unpaired) electrons. The maximum Gasteiger partial charge on any atom is 0.266 e. The fourth-order valence-corrected chi connectivity index (χ4v) is 3.58. The van der Waals surface area contributed by atoms with Crippen LogP contribution in [0.3, 0.4) is 0 Å². The lowest BCUT2D eigenvalue weighted by Gasteiger charge is -2.16. The van der Waals surface area contributed by atoms with Crippen molar-refractivity contribution in [3.8, 4) is 23.3 Å². The number of nitrogens with one attached hydrogen (secondary N) is 1. The molecule has 1 amide bonds. The zero-order chi connectivity index (χ0) is 25.9. The number of carbonyl (C=O) groups is 1. The van der Waals surface area contributed by atoms with Gasteiger partial charge in [-0.2, -0.15) is 5.26 Å². The number of hydrogen-bond acceptors (Lipinski definition) is 5. The first kappa shape index (κ1) is 26.4. The van der Waals surface area contributed by atoms with Crippen molar-refractivity contribution in [2.45, 2.75) is 33.6 Å². The summed E-state index contributed by atoms with van der Waals surface area (Å²) < 4.78 is 17.7. The van der Waals surface area contributed by atoms with Crippen molar-refractivity contribution in [1.29, 1.82) is 5.26 Å². The molecule has 6 nitrogen and oxygen atoms in total. The monoisotopic (exact) mass is 484 g/mol. The maximum absolute atomic E-state index is 12.5. The Balaban J connectivity index is 1.67. The molecule has 0 aliphatic carbocycles. The Morgan fingerprint density at radius 2 is 1.67 bits per heavy atom. The smallest absolute Gasteiger partial charge is 0.266 e. The highest BCUT2D eigenvalue weighted by atomic mass is 16.5. The standard InChI is InChI=1S/C30H32N2O4/c1-5-34-29-19-23(18-24(20-31)30(33)32-25-9-7-6-8-10-25)12-14-27(29)35-15-16-36-28-17-22(4)11-13-26(28)21(2)3/h6-14,17-19,21H,5,15-16H2,1-4H3,(H,32,33)/b24-18+. The molecule has 0 spiro atoms. The van der Waals surface area contributed by atoms with Crippen molar-refractivity contribution in [2.24, 2.45) is 0 Å². The van der Waals surface area contributed by atoms with Gasteiger partial charge < -0.3 is 19.5 Å². The number of ether oxygens (including phenoxy) is 3. The van der Waals surface area contributed by atoms with E-state index in [1.54, 1.807) is 30.3 Å². The molecule has 0 aliphatic rings. The van der Waals surface area contributed by atoms with Crippen LogP contribution >= 0.6 is 0 Å². The highest BCUT2D eigenvalue weighted by Gasteiger charge is 2.12. The Morgan fingerprint density at radius 3 is 2.33 bits per heavy atom. The van der Waals surface area contributed by atoms with Gasteiger partial charge in [-0.1, -0.05) is 50.2 Å². The summed E-state index contributed by atoms with van der Waals surface area (Å²) in [5.41, 5.74) is 3.57. The van der Waals surface area contributed by atoms with Crippen LogP contribution in [-0.4, -0.2) is 25.7 Å². The van der Waals surface area contributed by atoms with E-state index in [1.807, 2.05) is 44.2 Å². The van der Waals surface area contributed by atoms with Crippen molar-refractivity contribution >= 4 is 17.7 Å². The van der Waals surface area contributed by atoms with Gasteiger partial charge >= 0.3 is 0 Å². The number of anilines is 1. The zero-order valence-electron chi connectivity index (χ0n) is 21.2. The van der Waals surface area contributed by atoms with Crippen molar-refractivity contribution in [2.75, 3.05) is 25.1 Å². The molecular formula is C30H32N2O4. The Hall–Kier alpha value is -4.24. The molecule has 0 fully saturated rings. The molecule has 0 unspecified atom stereocenters. The summed E-state index contributed by atoms with van der Waals surface area (Å²) in [6.45, 7) is 9.37. The molecule has 36 heavy (non-hydrogen) atoms. The third-order valence-corrected chi connectivity index (χ3v) is 5.36. The largest absolute Gasteiger partial charge is 0.490 e. The average Bonchev–Trinajstić information content (AvgIpc) is 2.86. The Labute approximate surface area is 213 Å². The number of nitriles is 1. The van der Waals surface area contributed by atoms with E-state index in [0.29, 0.717) is 48.5 Å². The second-order valence-electron chi connectivity index (χ2n) is 8.52. The molecule has 3 aromatic rings. The van der Waals surface area contributed by atoms with Crippen LogP contribution in [0.2, 0.25) is 0 Å². The summed E-state index contributed by atoms with van der Waals surface area (Å²) in [6.07, 6.45) is 1.53. The summed E-state index contributed by atoms with van der Waals surface area (Å²) in [7, 11) is 0. The number of hydrogen-bond donors (Lipinski definition) is 1. The van der Waals surface area contributed by atoms with E-state index in [1.165, 1.54) is 6.08 Å². The molecule has 0 aromatic heterocycles. The minimum atomic E-state index is -0.476. The molecule has 6 heteroatoms. The second-order valence-corrected chi connectivity index (χ2v) is 8.52. The van der Waals surface area contributed by atoms with Gasteiger partial charge in [-0.05, 0) is 72.9 Å². The molecule has 0 heterocycles. The summed E-state index contributed by atoms with van der Waals surface area (Å²) in [5.74, 6) is 1.86. The molecular weight excluding hydrogens is 452 g/mol. The van der Waals surface area contributed by atoms with Crippen molar-refractivity contribution in [1.82, 2.24) is 0 Å². The summed E-state index contributed by atoms with van der Waals surface area (Å²) in [4.78, 5) is 12.5. The molecule has 0 bridgehead atoms. The minimum absolute atomic E-state index is 0.0116. The SMILES string of the molecule is CCOc1cc(/C=C(\C#N)C(=O)Nc2ccccc2)ccc1OCCOc1cc(C)ccc1C(C)C. The van der Waals surface area contributed by atoms with E-state index < -0.39 is 5.91 Å². The predicted molar refractivity (Wildman–Crippen MR) is 143 cm³/mol. The molecule has 0 saturated carbocycles. The molecule has 3 rings (SSSR count). The molecule has 0 saturated heterocycles. The van der Waals surface area contributed by atoms with Gasteiger partial charge in [-0.15, -0.1) is 0 Å². The summed E-state index contributed by atoms with van der Waals surface area (Å²) in [6, 6.07) is 22.5. The van der Waals surface area contributed by atoms with Crippen LogP contribution in [0.15, 0.2) is 72.3 Å². The fraction of sp³-hybridized carbons (Fsp3) is 0.267. The third kappa shape index (κ3) is 7.38. The first-order valence-electron chi connectivity index (χ1n) is 12.0. The summed E-state index contributed by atoms with van der Waals surface area (Å²) >= 11 is 0. The van der Waals surface area contributed by atoms with Gasteiger partial charge in [0.15, 0.2) is 11.5 Å². The predicted octanol–water partition coefficient (Wildman–Crippen LogP) is 6.52. The van der Waals surface area contributed by atoms with Gasteiger partial charge in [0.05, 0.1) is 6.61 Å². The number of rotatable bonds is 11. The Bertz CT molecular complexity index is 1240. The van der Waals surface area contributed by atoms with E-state index >= 15 is 0 Å². The zero-order valence-corrected chi connectivity index (χ0v) is 21.2. The van der Waals surface area contributed by atoms with Gasteiger partial charge in [0.2, 0.25) is 0 Å². The highest BCUT2D eigenvalue weighted by molar-refractivity contribution is 6.09. The quantitative estimate of drug-likeness (QED) is 0.190. The van der Waals surface area contributed by atoms with Crippen LogP contribution in [0.1, 0.15) is 43.4 Å². The fourth-order valence-electron chi connectivity index (χ4n) is 3.58. The van der Waals surface area contributed by atoms with E-state index in [-0.39, 0.29) is 5.57 Å². The molecule has 1 N–H and O–H groups in total. The van der Waals surface area contributed by atoms with Crippen LogP contribution in [0.4, 0.5) is 5.69 Å². The van der Waals surface area contributed by atoms with E-state index in [2.05, 4.69) is 31.3 Å². The maximum atomic E-state index is 12.5. The van der Waals surface area contributed by atoms with Crippen LogP contribution < -0.4 is 19.5 Å². The van der Waals surface area contributed by atoms with E-state index in [9.17, 15) is 10.1 Å². The number of amides is 1. The van der Waals surface area contributed by atoms with Crippen molar-refractivity contribution in [3.05, 3.63) is 89.0 Å². The Kier molecular flexibility index (Phi) is 9.53. The first-order valence-corrected chi connectivity index (χ1v) is 12.0. The molecule has 3 aromatic carbocycles. The van der Waals surface area contributed by atoms with Crippen molar-refractivity contribution < 1.29 is 19.0 Å². The molecule has 0 atom stereocenters. The molecule has 0 aliphatic heterocycles. The van der Waals surface area contributed by atoms with Crippen molar-refractivity contribution in [3.63, 3.8) is 0 Å². The first-order chi connectivity index (χ1) is 17.4. The van der Waals surface area contributed by atoms with E-state index in [0.717, 1.165) is 16.9 Å². The number of nitrogens with zero attached hydrogens (tertiary/aromatic N) is 1. The van der Waals surface area contributed by atoms with Gasteiger partial charge in [-0.25, -0.2) is 0 Å². The van der Waals surface area contributed by atoms with Gasteiger partial charge in [-0.3, -0.25) is 4.79 Å². The average molecular weight is 485 g/mol. The van der Waals surface area contributed by atoms with E-state index in [4.69, 9.17) is 14.2 Å². The highest BCUT2D eigenvalue weighted by Crippen LogP contribution is 2.30. The topological polar surface area (TPSA) is 80.6 Å². The van der Waals surface area contributed by atoms with Gasteiger partial charge in [0, 0.05) is 5.69 Å². The number of benzene rings is 3. The minimum Gasteiger partial charge on any atom is -0.490 e. The molecule has 186 valence electrons. The normalized spacial score (nSPS) is 11.1. The number of aryl methyl sites for hydroxylation is 1. The van der Waals surface area contributed by atoms with Crippen LogP contribution in [0.25, 0.3) is 6.08 Å². The van der Waals surface area contributed by atoms with Crippen LogP contribution in [-0.2, 0) is 4.79 Å². The van der Waals surface area contributed by atoms with Crippen LogP contribution in [0, 0.1) is 18.3 Å². The number of para-hydroxylation sites is 1. The second kappa shape index (κ2) is 13.0. The number of carbonyl (C=O) groups excluding carboxylic acids is 1. The summed E-state index contributed by atoms with van der Waals surface area (Å²) in [5, 5.41) is 12.2. The van der Waals surface area contributed by atoms with Gasteiger partial charge in [0.1, 0.15) is 30.6 Å².